The van der Waals surface area contributed by atoms with Crippen LogP contribution in [0.15, 0.2) is 78.1 Å². The number of anilines is 1. The number of hydrogen-bond acceptors (Lipinski definition) is 7. The van der Waals surface area contributed by atoms with Crippen molar-refractivity contribution in [2.45, 2.75) is 4.90 Å². The second kappa shape index (κ2) is 10.9. The molecular weight excluding hydrogens is 542 g/mol. The minimum absolute atomic E-state index is 0.0418. The van der Waals surface area contributed by atoms with Crippen LogP contribution in [0.4, 0.5) is 5.69 Å². The Morgan fingerprint density at radius 2 is 1.62 bits per heavy atom. The molecule has 0 bridgehead atoms. The van der Waals surface area contributed by atoms with Crippen LogP contribution in [-0.4, -0.2) is 73.3 Å². The van der Waals surface area contributed by atoms with Gasteiger partial charge in [0.1, 0.15) is 10.6 Å². The first kappa shape index (κ1) is 26.4. The van der Waals surface area contributed by atoms with Gasteiger partial charge in [-0.2, -0.15) is 0 Å². The Labute approximate surface area is 230 Å². The number of aromatic nitrogens is 2. The first-order chi connectivity index (χ1) is 18.8. The zero-order valence-electron chi connectivity index (χ0n) is 20.9. The largest absolute Gasteiger partial charge is 0.496 e. The number of hydrogen-bond donors (Lipinski definition) is 1. The van der Waals surface area contributed by atoms with Crippen LogP contribution in [0.5, 0.6) is 5.75 Å². The maximum atomic E-state index is 13.3. The summed E-state index contributed by atoms with van der Waals surface area (Å²) in [6, 6.07) is 14.5. The van der Waals surface area contributed by atoms with Gasteiger partial charge < -0.3 is 14.5 Å². The molecule has 2 aromatic heterocycles. The van der Waals surface area contributed by atoms with Gasteiger partial charge in [-0.3, -0.25) is 24.3 Å². The molecule has 0 atom stereocenters. The van der Waals surface area contributed by atoms with Gasteiger partial charge in [0.2, 0.25) is 0 Å². The third kappa shape index (κ3) is 5.36. The van der Waals surface area contributed by atoms with E-state index in [-0.39, 0.29) is 38.7 Å². The molecule has 12 heteroatoms. The Bertz CT molecular complexity index is 1670. The molecule has 0 unspecified atom stereocenters. The van der Waals surface area contributed by atoms with E-state index in [0.717, 1.165) is 0 Å². The Kier molecular flexibility index (Phi) is 7.36. The normalized spacial score (nSPS) is 13.8. The number of ether oxygens (including phenoxy) is 1. The van der Waals surface area contributed by atoms with Crippen LogP contribution < -0.4 is 9.46 Å². The SMILES string of the molecule is COc1cc(NS(=O)(=O)c2cccc3cccnc23)ccc1C(=O)N1CCN(C(=O)c2ccncc2Cl)CC1. The molecule has 1 fully saturated rings. The average Bonchev–Trinajstić information content (AvgIpc) is 2.96. The van der Waals surface area contributed by atoms with Gasteiger partial charge in [-0.15, -0.1) is 0 Å². The summed E-state index contributed by atoms with van der Waals surface area (Å²) < 4.78 is 34.4. The molecule has 3 heterocycles. The number of pyridine rings is 2. The zero-order chi connectivity index (χ0) is 27.6. The molecular formula is C27H24ClN5O5S. The maximum Gasteiger partial charge on any atom is 0.264 e. The van der Waals surface area contributed by atoms with E-state index >= 15 is 0 Å². The average molecular weight is 566 g/mol. The third-order valence-corrected chi connectivity index (χ3v) is 8.14. The lowest BCUT2D eigenvalue weighted by molar-refractivity contribution is 0.0533. The summed E-state index contributed by atoms with van der Waals surface area (Å²) in [4.78, 5) is 37.6. The number of halogens is 1. The van der Waals surface area contributed by atoms with Crippen LogP contribution in [0.25, 0.3) is 10.9 Å². The maximum absolute atomic E-state index is 13.3. The molecule has 0 aliphatic carbocycles. The van der Waals surface area contributed by atoms with Gasteiger partial charge in [0.15, 0.2) is 0 Å². The van der Waals surface area contributed by atoms with E-state index in [2.05, 4.69) is 14.7 Å². The summed E-state index contributed by atoms with van der Waals surface area (Å²) >= 11 is 6.11. The molecule has 2 amide bonds. The fourth-order valence-corrected chi connectivity index (χ4v) is 5.87. The van der Waals surface area contributed by atoms with E-state index in [0.29, 0.717) is 42.6 Å². The van der Waals surface area contributed by atoms with Gasteiger partial charge in [0.05, 0.1) is 34.5 Å². The number of rotatable bonds is 6. The minimum atomic E-state index is -3.97. The predicted molar refractivity (Wildman–Crippen MR) is 147 cm³/mol. The molecule has 4 aromatic rings. The van der Waals surface area contributed by atoms with Crippen molar-refractivity contribution in [1.29, 1.82) is 0 Å². The van der Waals surface area contributed by atoms with Crippen LogP contribution in [0.3, 0.4) is 0 Å². The molecule has 0 saturated carbocycles. The molecule has 5 rings (SSSR count). The Balaban J connectivity index is 1.30. The van der Waals surface area contributed by atoms with Crippen molar-refractivity contribution in [3.05, 3.63) is 89.3 Å². The number of piperazine rings is 1. The van der Waals surface area contributed by atoms with Crippen molar-refractivity contribution >= 4 is 50.0 Å². The summed E-state index contributed by atoms with van der Waals surface area (Å²) in [5, 5.41) is 0.975. The predicted octanol–water partition coefficient (Wildman–Crippen LogP) is 3.69. The Morgan fingerprint density at radius 1 is 0.923 bits per heavy atom. The number of benzene rings is 2. The van der Waals surface area contributed by atoms with E-state index < -0.39 is 10.0 Å². The van der Waals surface area contributed by atoms with Gasteiger partial charge in [0, 0.05) is 56.2 Å². The summed E-state index contributed by atoms with van der Waals surface area (Å²) in [6.45, 7) is 1.31. The smallest absolute Gasteiger partial charge is 0.264 e. The van der Waals surface area contributed by atoms with Crippen molar-refractivity contribution < 1.29 is 22.7 Å². The highest BCUT2D eigenvalue weighted by molar-refractivity contribution is 7.93. The van der Waals surface area contributed by atoms with Gasteiger partial charge in [-0.25, -0.2) is 8.42 Å². The van der Waals surface area contributed by atoms with Crippen LogP contribution in [0.2, 0.25) is 5.02 Å². The molecule has 2 aromatic carbocycles. The number of fused-ring (bicyclic) bond motifs is 1. The van der Waals surface area contributed by atoms with Crippen molar-refractivity contribution in [2.75, 3.05) is 38.0 Å². The molecule has 39 heavy (non-hydrogen) atoms. The number of para-hydroxylation sites is 1. The molecule has 1 saturated heterocycles. The quantitative estimate of drug-likeness (QED) is 0.378. The monoisotopic (exact) mass is 565 g/mol. The molecule has 10 nitrogen and oxygen atoms in total. The van der Waals surface area contributed by atoms with Gasteiger partial charge in [-0.05, 0) is 30.3 Å². The van der Waals surface area contributed by atoms with E-state index in [1.165, 1.54) is 50.0 Å². The fourth-order valence-electron chi connectivity index (χ4n) is 4.44. The number of sulfonamides is 1. The van der Waals surface area contributed by atoms with E-state index in [9.17, 15) is 18.0 Å². The Morgan fingerprint density at radius 3 is 2.31 bits per heavy atom. The van der Waals surface area contributed by atoms with Gasteiger partial charge in [0.25, 0.3) is 21.8 Å². The lowest BCUT2D eigenvalue weighted by Crippen LogP contribution is -2.50. The topological polar surface area (TPSA) is 122 Å². The van der Waals surface area contributed by atoms with Crippen molar-refractivity contribution in [2.24, 2.45) is 0 Å². The summed E-state index contributed by atoms with van der Waals surface area (Å²) in [5.41, 5.74) is 1.24. The number of nitrogens with zero attached hydrogens (tertiary/aromatic N) is 4. The highest BCUT2D eigenvalue weighted by Gasteiger charge is 2.28. The summed E-state index contributed by atoms with van der Waals surface area (Å²) in [5.74, 6) is -0.281. The van der Waals surface area contributed by atoms with Crippen molar-refractivity contribution in [3.63, 3.8) is 0 Å². The van der Waals surface area contributed by atoms with Crippen molar-refractivity contribution in [1.82, 2.24) is 19.8 Å². The van der Waals surface area contributed by atoms with E-state index in [4.69, 9.17) is 16.3 Å². The molecule has 0 radical (unpaired) electrons. The lowest BCUT2D eigenvalue weighted by atomic mass is 10.1. The van der Waals surface area contributed by atoms with E-state index in [1.807, 2.05) is 0 Å². The van der Waals surface area contributed by atoms with Crippen LogP contribution >= 0.6 is 11.6 Å². The summed E-state index contributed by atoms with van der Waals surface area (Å²) in [7, 11) is -2.56. The third-order valence-electron chi connectivity index (χ3n) is 6.43. The number of carbonyl (C=O) groups excluding carboxylic acids is 2. The number of methoxy groups -OCH3 is 1. The highest BCUT2D eigenvalue weighted by Crippen LogP contribution is 2.28. The number of nitrogens with one attached hydrogen (secondary N) is 1. The summed E-state index contributed by atoms with van der Waals surface area (Å²) in [6.07, 6.45) is 4.46. The molecule has 0 spiro atoms. The van der Waals surface area contributed by atoms with Crippen LogP contribution in [0.1, 0.15) is 20.7 Å². The first-order valence-electron chi connectivity index (χ1n) is 12.0. The molecule has 1 N–H and O–H groups in total. The number of carbonyl (C=O) groups is 2. The van der Waals surface area contributed by atoms with Crippen molar-refractivity contribution in [3.8, 4) is 5.75 Å². The number of amides is 2. The van der Waals surface area contributed by atoms with Gasteiger partial charge in [-0.1, -0.05) is 29.8 Å². The van der Waals surface area contributed by atoms with Crippen LogP contribution in [-0.2, 0) is 10.0 Å². The van der Waals surface area contributed by atoms with Gasteiger partial charge >= 0.3 is 0 Å². The minimum Gasteiger partial charge on any atom is -0.496 e. The highest BCUT2D eigenvalue weighted by atomic mass is 35.5. The Hall–Kier alpha value is -4.22. The molecule has 1 aliphatic heterocycles. The standard InChI is InChI=1S/C27H24ClN5O5S/c1-38-23-16-19(31-39(36,37)24-6-2-4-18-5-3-10-30-25(18)24)7-8-21(23)27(35)33-14-12-32(13-15-33)26(34)20-9-11-29-17-22(20)28/h2-11,16-17,31H,12-15H2,1H3. The first-order valence-corrected chi connectivity index (χ1v) is 13.9. The molecule has 1 aliphatic rings. The second-order valence-electron chi connectivity index (χ2n) is 8.79. The van der Waals surface area contributed by atoms with E-state index in [1.54, 1.807) is 40.1 Å². The second-order valence-corrected chi connectivity index (χ2v) is 10.8. The zero-order valence-corrected chi connectivity index (χ0v) is 22.4. The molecule has 200 valence electrons. The fraction of sp³-hybridized carbons (Fsp3) is 0.185. The lowest BCUT2D eigenvalue weighted by Gasteiger charge is -2.35. The van der Waals surface area contributed by atoms with Crippen LogP contribution in [0, 0.1) is 0 Å².